The second-order valence-electron chi connectivity index (χ2n) is 6.38. The molecule has 2 aromatic carbocycles. The fourth-order valence-corrected chi connectivity index (χ4v) is 2.57. The van der Waals surface area contributed by atoms with E-state index < -0.39 is 0 Å². The molecular formula is C18H22FN. The maximum atomic E-state index is 13.6. The number of rotatable bonds is 2. The lowest BCUT2D eigenvalue weighted by Gasteiger charge is -2.26. The summed E-state index contributed by atoms with van der Waals surface area (Å²) in [5.41, 5.74) is 10.4. The van der Waals surface area contributed by atoms with E-state index in [0.717, 1.165) is 16.7 Å². The zero-order valence-electron chi connectivity index (χ0n) is 12.6. The highest BCUT2D eigenvalue weighted by molar-refractivity contribution is 5.41. The summed E-state index contributed by atoms with van der Waals surface area (Å²) in [6, 6.07) is 12.8. The van der Waals surface area contributed by atoms with Crippen LogP contribution in [-0.4, -0.2) is 0 Å². The number of benzene rings is 2. The van der Waals surface area contributed by atoms with Crippen molar-refractivity contribution in [3.05, 3.63) is 70.5 Å². The summed E-state index contributed by atoms with van der Waals surface area (Å²) in [4.78, 5) is 0. The number of hydrogen-bond acceptors (Lipinski definition) is 1. The molecule has 0 radical (unpaired) electrons. The molecule has 1 nitrogen and oxygen atoms in total. The zero-order valence-corrected chi connectivity index (χ0v) is 12.6. The molecule has 0 amide bonds. The van der Waals surface area contributed by atoms with Crippen molar-refractivity contribution < 1.29 is 4.39 Å². The Morgan fingerprint density at radius 2 is 1.70 bits per heavy atom. The Kier molecular flexibility index (Phi) is 3.96. The van der Waals surface area contributed by atoms with Crippen molar-refractivity contribution in [2.24, 2.45) is 5.73 Å². The van der Waals surface area contributed by atoms with Crippen LogP contribution in [0.3, 0.4) is 0 Å². The molecule has 0 aliphatic rings. The Morgan fingerprint density at radius 3 is 2.30 bits per heavy atom. The van der Waals surface area contributed by atoms with Gasteiger partial charge in [-0.1, -0.05) is 51.1 Å². The summed E-state index contributed by atoms with van der Waals surface area (Å²) in [6.07, 6.45) is 0. The fourth-order valence-electron chi connectivity index (χ4n) is 2.57. The van der Waals surface area contributed by atoms with E-state index in [1.54, 1.807) is 0 Å². The molecule has 0 saturated heterocycles. The predicted molar refractivity (Wildman–Crippen MR) is 82.3 cm³/mol. The third kappa shape index (κ3) is 3.07. The smallest absolute Gasteiger partial charge is 0.123 e. The minimum Gasteiger partial charge on any atom is -0.320 e. The van der Waals surface area contributed by atoms with Crippen molar-refractivity contribution in [2.75, 3.05) is 0 Å². The van der Waals surface area contributed by atoms with E-state index in [2.05, 4.69) is 26.8 Å². The molecule has 0 bridgehead atoms. The minimum atomic E-state index is -0.306. The van der Waals surface area contributed by atoms with Crippen LogP contribution in [-0.2, 0) is 5.41 Å². The Labute approximate surface area is 120 Å². The zero-order chi connectivity index (χ0) is 14.9. The van der Waals surface area contributed by atoms with Crippen LogP contribution < -0.4 is 5.73 Å². The molecule has 2 heteroatoms. The van der Waals surface area contributed by atoms with E-state index >= 15 is 0 Å². The number of nitrogens with two attached hydrogens (primary N) is 1. The fraction of sp³-hybridized carbons (Fsp3) is 0.333. The number of hydrogen-bond donors (Lipinski definition) is 1. The molecule has 0 saturated carbocycles. The molecule has 0 spiro atoms. The van der Waals surface area contributed by atoms with Crippen molar-refractivity contribution in [1.29, 1.82) is 0 Å². The van der Waals surface area contributed by atoms with Crippen LogP contribution in [0.1, 0.15) is 49.1 Å². The molecular weight excluding hydrogens is 249 g/mol. The summed E-state index contributed by atoms with van der Waals surface area (Å²) >= 11 is 0. The van der Waals surface area contributed by atoms with Crippen LogP contribution in [0, 0.1) is 12.7 Å². The van der Waals surface area contributed by atoms with Gasteiger partial charge in [-0.25, -0.2) is 4.39 Å². The molecule has 2 rings (SSSR count). The quantitative estimate of drug-likeness (QED) is 0.856. The molecule has 2 N–H and O–H groups in total. The number of aryl methyl sites for hydroxylation is 1. The van der Waals surface area contributed by atoms with Gasteiger partial charge in [-0.15, -0.1) is 0 Å². The van der Waals surface area contributed by atoms with Crippen molar-refractivity contribution in [3.63, 3.8) is 0 Å². The largest absolute Gasteiger partial charge is 0.320 e. The molecule has 0 heterocycles. The maximum absolute atomic E-state index is 13.6. The Morgan fingerprint density at radius 1 is 1.05 bits per heavy atom. The predicted octanol–water partition coefficient (Wildman–Crippen LogP) is 4.48. The molecule has 0 aliphatic carbocycles. The first kappa shape index (κ1) is 14.7. The Bertz CT molecular complexity index is 591. The van der Waals surface area contributed by atoms with Gasteiger partial charge in [0.25, 0.3) is 0 Å². The van der Waals surface area contributed by atoms with E-state index in [4.69, 9.17) is 5.73 Å². The third-order valence-electron chi connectivity index (χ3n) is 3.53. The van der Waals surface area contributed by atoms with E-state index in [1.165, 1.54) is 17.7 Å². The van der Waals surface area contributed by atoms with Gasteiger partial charge in [-0.05, 0) is 46.7 Å². The standard InChI is InChI=1S/C18H22FN/c1-12-9-13(11-14(19)10-12)17(20)15-7-5-6-8-16(15)18(2,3)4/h5-11,17H,20H2,1-4H3. The van der Waals surface area contributed by atoms with Crippen LogP contribution >= 0.6 is 0 Å². The van der Waals surface area contributed by atoms with Crippen LogP contribution in [0.2, 0.25) is 0 Å². The average molecular weight is 271 g/mol. The van der Waals surface area contributed by atoms with Gasteiger partial charge in [0, 0.05) is 0 Å². The SMILES string of the molecule is Cc1cc(F)cc(C(N)c2ccccc2C(C)(C)C)c1. The second-order valence-corrected chi connectivity index (χ2v) is 6.38. The molecule has 2 aromatic rings. The summed E-state index contributed by atoms with van der Waals surface area (Å²) in [6.45, 7) is 8.37. The molecule has 0 aromatic heterocycles. The first-order chi connectivity index (χ1) is 9.29. The first-order valence-electron chi connectivity index (χ1n) is 6.91. The summed E-state index contributed by atoms with van der Waals surface area (Å²) in [5.74, 6) is -0.233. The van der Waals surface area contributed by atoms with Crippen molar-refractivity contribution >= 4 is 0 Å². The molecule has 1 atom stereocenters. The summed E-state index contributed by atoms with van der Waals surface area (Å²) in [7, 11) is 0. The van der Waals surface area contributed by atoms with Crippen LogP contribution in [0.4, 0.5) is 4.39 Å². The molecule has 106 valence electrons. The Hall–Kier alpha value is -1.67. The minimum absolute atomic E-state index is 0.0105. The van der Waals surface area contributed by atoms with Gasteiger partial charge in [0.05, 0.1) is 6.04 Å². The van der Waals surface area contributed by atoms with E-state index in [9.17, 15) is 4.39 Å². The van der Waals surface area contributed by atoms with Crippen molar-refractivity contribution in [1.82, 2.24) is 0 Å². The van der Waals surface area contributed by atoms with Crippen molar-refractivity contribution in [3.8, 4) is 0 Å². The van der Waals surface area contributed by atoms with Gasteiger partial charge < -0.3 is 5.73 Å². The molecule has 0 aliphatic heterocycles. The highest BCUT2D eigenvalue weighted by Gasteiger charge is 2.21. The van der Waals surface area contributed by atoms with Crippen molar-refractivity contribution in [2.45, 2.75) is 39.2 Å². The second kappa shape index (κ2) is 5.37. The lowest BCUT2D eigenvalue weighted by molar-refractivity contribution is 0.577. The van der Waals surface area contributed by atoms with Crippen LogP contribution in [0.15, 0.2) is 42.5 Å². The Balaban J connectivity index is 2.51. The van der Waals surface area contributed by atoms with Gasteiger partial charge in [0.1, 0.15) is 5.82 Å². The summed E-state index contributed by atoms with van der Waals surface area (Å²) in [5, 5.41) is 0. The van der Waals surface area contributed by atoms with Gasteiger partial charge in [0.2, 0.25) is 0 Å². The van der Waals surface area contributed by atoms with Gasteiger partial charge in [-0.2, -0.15) is 0 Å². The molecule has 0 fully saturated rings. The third-order valence-corrected chi connectivity index (χ3v) is 3.53. The lowest BCUT2D eigenvalue weighted by Crippen LogP contribution is -2.20. The van der Waals surface area contributed by atoms with Crippen LogP contribution in [0.5, 0.6) is 0 Å². The van der Waals surface area contributed by atoms with E-state index in [1.807, 2.05) is 31.2 Å². The summed E-state index contributed by atoms with van der Waals surface area (Å²) < 4.78 is 13.6. The lowest BCUT2D eigenvalue weighted by atomic mass is 9.80. The first-order valence-corrected chi connectivity index (χ1v) is 6.91. The van der Waals surface area contributed by atoms with E-state index in [0.29, 0.717) is 0 Å². The molecule has 1 unspecified atom stereocenters. The van der Waals surface area contributed by atoms with Gasteiger partial charge in [-0.3, -0.25) is 0 Å². The highest BCUT2D eigenvalue weighted by Crippen LogP contribution is 2.31. The van der Waals surface area contributed by atoms with Crippen LogP contribution in [0.25, 0.3) is 0 Å². The van der Waals surface area contributed by atoms with Gasteiger partial charge >= 0.3 is 0 Å². The normalized spacial score (nSPS) is 13.3. The maximum Gasteiger partial charge on any atom is 0.123 e. The highest BCUT2D eigenvalue weighted by atomic mass is 19.1. The molecule has 20 heavy (non-hydrogen) atoms. The van der Waals surface area contributed by atoms with Gasteiger partial charge in [0.15, 0.2) is 0 Å². The van der Waals surface area contributed by atoms with E-state index in [-0.39, 0.29) is 17.3 Å². The number of halogens is 1. The average Bonchev–Trinajstić information content (AvgIpc) is 2.35. The monoisotopic (exact) mass is 271 g/mol. The topological polar surface area (TPSA) is 26.0 Å².